The van der Waals surface area contributed by atoms with Gasteiger partial charge in [0.05, 0.1) is 25.2 Å². The number of hydrogen-bond acceptors (Lipinski definition) is 3. The number of hydrogen-bond donors (Lipinski definition) is 1. The first-order valence-electron chi connectivity index (χ1n) is 5.21. The normalized spacial score (nSPS) is 18.3. The Morgan fingerprint density at radius 3 is 2.47 bits per heavy atom. The summed E-state index contributed by atoms with van der Waals surface area (Å²) in [5.74, 6) is 0. The molecular weight excluding hydrogens is 190 g/mol. The summed E-state index contributed by atoms with van der Waals surface area (Å²) >= 11 is 0. The van der Waals surface area contributed by atoms with Crippen molar-refractivity contribution in [2.45, 2.75) is 0 Å². The molecule has 0 unspecified atom stereocenters. The van der Waals surface area contributed by atoms with Crippen LogP contribution in [0.3, 0.4) is 0 Å². The fourth-order valence-electron chi connectivity index (χ4n) is 1.90. The Kier molecular flexibility index (Phi) is 2.93. The molecule has 0 aliphatic carbocycles. The second kappa shape index (κ2) is 4.21. The summed E-state index contributed by atoms with van der Waals surface area (Å²) in [6, 6.07) is 10.2. The molecule has 1 aromatic carbocycles. The molecule has 0 radical (unpaired) electrons. The van der Waals surface area contributed by atoms with Crippen molar-refractivity contribution in [3.8, 4) is 0 Å². The van der Waals surface area contributed by atoms with Crippen LogP contribution >= 0.6 is 0 Å². The van der Waals surface area contributed by atoms with E-state index in [4.69, 9.17) is 4.74 Å². The van der Waals surface area contributed by atoms with E-state index < -0.39 is 0 Å². The van der Waals surface area contributed by atoms with Gasteiger partial charge in [0.1, 0.15) is 0 Å². The zero-order chi connectivity index (χ0) is 10.7. The maximum Gasteiger partial charge on any atom is 0.0584 e. The average Bonchev–Trinajstić information content (AvgIpc) is 2.24. The smallest absolute Gasteiger partial charge is 0.0584 e. The minimum Gasteiger partial charge on any atom is -0.396 e. The maximum atomic E-state index is 9.33. The van der Waals surface area contributed by atoms with Crippen LogP contribution < -0.4 is 4.90 Å². The predicted molar refractivity (Wildman–Crippen MR) is 60.0 cm³/mol. The molecular formula is C12H17NO2. The van der Waals surface area contributed by atoms with Crippen LogP contribution in [0, 0.1) is 5.41 Å². The number of para-hydroxylation sites is 1. The third-order valence-electron chi connectivity index (χ3n) is 2.92. The number of ether oxygens (including phenoxy) is 1. The topological polar surface area (TPSA) is 32.7 Å². The van der Waals surface area contributed by atoms with Crippen molar-refractivity contribution in [2.75, 3.05) is 38.3 Å². The minimum atomic E-state index is -0.0510. The van der Waals surface area contributed by atoms with Gasteiger partial charge in [-0.15, -0.1) is 0 Å². The van der Waals surface area contributed by atoms with Crippen molar-refractivity contribution in [3.05, 3.63) is 30.3 Å². The Bertz CT molecular complexity index is 303. The molecule has 1 aromatic rings. The van der Waals surface area contributed by atoms with Crippen molar-refractivity contribution >= 4 is 5.69 Å². The van der Waals surface area contributed by atoms with Crippen LogP contribution in [-0.2, 0) is 4.74 Å². The van der Waals surface area contributed by atoms with Gasteiger partial charge in [0.2, 0.25) is 0 Å². The minimum absolute atomic E-state index is 0.0510. The highest BCUT2D eigenvalue weighted by molar-refractivity contribution is 5.45. The lowest BCUT2D eigenvalue weighted by molar-refractivity contribution is -0.130. The summed E-state index contributed by atoms with van der Waals surface area (Å²) < 4.78 is 5.18. The largest absolute Gasteiger partial charge is 0.396 e. The molecule has 1 N–H and O–H groups in total. The van der Waals surface area contributed by atoms with Crippen molar-refractivity contribution < 1.29 is 9.84 Å². The van der Waals surface area contributed by atoms with Crippen molar-refractivity contribution in [1.82, 2.24) is 0 Å². The summed E-state index contributed by atoms with van der Waals surface area (Å²) in [5, 5.41) is 9.33. The van der Waals surface area contributed by atoms with Gasteiger partial charge in [-0.25, -0.2) is 0 Å². The van der Waals surface area contributed by atoms with Crippen LogP contribution in [0.2, 0.25) is 0 Å². The van der Waals surface area contributed by atoms with Crippen molar-refractivity contribution in [3.63, 3.8) is 0 Å². The third kappa shape index (κ3) is 2.13. The molecule has 1 saturated heterocycles. The molecule has 1 aliphatic heterocycles. The lowest BCUT2D eigenvalue weighted by Crippen LogP contribution is -2.52. The Hall–Kier alpha value is -1.06. The molecule has 0 bridgehead atoms. The van der Waals surface area contributed by atoms with Crippen LogP contribution in [-0.4, -0.2) is 38.5 Å². The van der Waals surface area contributed by atoms with Gasteiger partial charge in [-0.05, 0) is 12.1 Å². The number of rotatable bonds is 4. The molecule has 1 heterocycles. The number of benzene rings is 1. The zero-order valence-electron chi connectivity index (χ0n) is 9.02. The summed E-state index contributed by atoms with van der Waals surface area (Å²) in [7, 11) is 2.05. The fraction of sp³-hybridized carbons (Fsp3) is 0.500. The molecule has 0 aromatic heterocycles. The molecule has 3 nitrogen and oxygen atoms in total. The standard InChI is InChI=1S/C12H17NO2/c1-13(11-5-3-2-4-6-11)7-12(8-14)9-15-10-12/h2-6,14H,7-10H2,1H3. The summed E-state index contributed by atoms with van der Waals surface area (Å²) in [5.41, 5.74) is 1.13. The van der Waals surface area contributed by atoms with Gasteiger partial charge in [0, 0.05) is 19.3 Å². The molecule has 2 rings (SSSR count). The monoisotopic (exact) mass is 207 g/mol. The fourth-order valence-corrected chi connectivity index (χ4v) is 1.90. The highest BCUT2D eigenvalue weighted by Crippen LogP contribution is 2.29. The van der Waals surface area contributed by atoms with Gasteiger partial charge in [-0.1, -0.05) is 18.2 Å². The average molecular weight is 207 g/mol. The van der Waals surface area contributed by atoms with Crippen LogP contribution in [0.15, 0.2) is 30.3 Å². The number of aliphatic hydroxyl groups is 1. The summed E-state index contributed by atoms with van der Waals surface area (Å²) in [6.07, 6.45) is 0. The molecule has 1 fully saturated rings. The second-order valence-electron chi connectivity index (χ2n) is 4.34. The van der Waals surface area contributed by atoms with Crippen molar-refractivity contribution in [1.29, 1.82) is 0 Å². The first-order valence-corrected chi connectivity index (χ1v) is 5.21. The van der Waals surface area contributed by atoms with Gasteiger partial charge < -0.3 is 14.7 Å². The molecule has 0 saturated carbocycles. The molecule has 0 spiro atoms. The second-order valence-corrected chi connectivity index (χ2v) is 4.34. The summed E-state index contributed by atoms with van der Waals surface area (Å²) in [4.78, 5) is 2.17. The van der Waals surface area contributed by atoms with Gasteiger partial charge in [0.15, 0.2) is 0 Å². The molecule has 15 heavy (non-hydrogen) atoms. The predicted octanol–water partition coefficient (Wildman–Crippen LogP) is 1.13. The van der Waals surface area contributed by atoms with E-state index in [2.05, 4.69) is 17.0 Å². The highest BCUT2D eigenvalue weighted by atomic mass is 16.5. The van der Waals surface area contributed by atoms with Crippen LogP contribution in [0.1, 0.15) is 0 Å². The van der Waals surface area contributed by atoms with E-state index >= 15 is 0 Å². The van der Waals surface area contributed by atoms with E-state index in [0.29, 0.717) is 13.2 Å². The van der Waals surface area contributed by atoms with Gasteiger partial charge >= 0.3 is 0 Å². The van der Waals surface area contributed by atoms with E-state index in [1.807, 2.05) is 25.2 Å². The van der Waals surface area contributed by atoms with Gasteiger partial charge in [-0.2, -0.15) is 0 Å². The first kappa shape index (κ1) is 10.5. The first-order chi connectivity index (χ1) is 7.26. The Labute approximate surface area is 90.3 Å². The quantitative estimate of drug-likeness (QED) is 0.803. The number of nitrogens with zero attached hydrogens (tertiary/aromatic N) is 1. The SMILES string of the molecule is CN(CC1(CO)COC1)c1ccccc1. The van der Waals surface area contributed by atoms with E-state index in [0.717, 1.165) is 6.54 Å². The lowest BCUT2D eigenvalue weighted by Gasteiger charge is -2.42. The van der Waals surface area contributed by atoms with Gasteiger partial charge in [0.25, 0.3) is 0 Å². The zero-order valence-corrected chi connectivity index (χ0v) is 9.02. The Morgan fingerprint density at radius 1 is 1.33 bits per heavy atom. The van der Waals surface area contributed by atoms with E-state index in [1.165, 1.54) is 5.69 Å². The van der Waals surface area contributed by atoms with Crippen LogP contribution in [0.4, 0.5) is 5.69 Å². The Morgan fingerprint density at radius 2 is 2.00 bits per heavy atom. The lowest BCUT2D eigenvalue weighted by atomic mass is 9.86. The van der Waals surface area contributed by atoms with E-state index in [1.54, 1.807) is 0 Å². The number of anilines is 1. The van der Waals surface area contributed by atoms with Crippen molar-refractivity contribution in [2.24, 2.45) is 5.41 Å². The highest BCUT2D eigenvalue weighted by Gasteiger charge is 2.39. The van der Waals surface area contributed by atoms with Gasteiger partial charge in [-0.3, -0.25) is 0 Å². The van der Waals surface area contributed by atoms with Crippen LogP contribution in [0.5, 0.6) is 0 Å². The molecule has 82 valence electrons. The Balaban J connectivity index is 2.00. The third-order valence-corrected chi connectivity index (χ3v) is 2.92. The van der Waals surface area contributed by atoms with Crippen LogP contribution in [0.25, 0.3) is 0 Å². The number of aliphatic hydroxyl groups excluding tert-OH is 1. The maximum absolute atomic E-state index is 9.33. The molecule has 3 heteroatoms. The molecule has 1 aliphatic rings. The molecule has 0 atom stereocenters. The summed E-state index contributed by atoms with van der Waals surface area (Å²) in [6.45, 7) is 2.37. The van der Waals surface area contributed by atoms with E-state index in [-0.39, 0.29) is 12.0 Å². The molecule has 0 amide bonds. The van der Waals surface area contributed by atoms with E-state index in [9.17, 15) is 5.11 Å².